The van der Waals surface area contributed by atoms with Crippen molar-refractivity contribution in [3.63, 3.8) is 0 Å². The standard InChI is InChI=1S/C20H19N3O4/c1-23-19(11-8-9-14(26-2)15(10-11)27-3)16-17(21-22-18(16)20(23)25)12-6-4-5-7-13(12)24/h4-10,19,24H,1-3H3,(H,21,22). The molecule has 138 valence electrons. The van der Waals surface area contributed by atoms with Crippen LogP contribution in [0.15, 0.2) is 42.5 Å². The third-order valence-electron chi connectivity index (χ3n) is 4.88. The van der Waals surface area contributed by atoms with E-state index in [0.717, 1.165) is 11.1 Å². The van der Waals surface area contributed by atoms with Crippen LogP contribution in [0.1, 0.15) is 27.7 Å². The van der Waals surface area contributed by atoms with E-state index in [9.17, 15) is 9.90 Å². The molecule has 1 atom stereocenters. The Hall–Kier alpha value is -3.48. The fourth-order valence-electron chi connectivity index (χ4n) is 3.56. The molecule has 7 nitrogen and oxygen atoms in total. The maximum Gasteiger partial charge on any atom is 0.272 e. The van der Waals surface area contributed by atoms with Gasteiger partial charge in [-0.15, -0.1) is 0 Å². The lowest BCUT2D eigenvalue weighted by Crippen LogP contribution is -2.24. The Morgan fingerprint density at radius 3 is 2.56 bits per heavy atom. The zero-order chi connectivity index (χ0) is 19.1. The fourth-order valence-corrected chi connectivity index (χ4v) is 3.56. The smallest absolute Gasteiger partial charge is 0.272 e. The Balaban J connectivity index is 1.90. The molecule has 2 heterocycles. The molecule has 0 aliphatic carbocycles. The van der Waals surface area contributed by atoms with Gasteiger partial charge in [-0.1, -0.05) is 18.2 Å². The molecule has 2 N–H and O–H groups in total. The highest BCUT2D eigenvalue weighted by atomic mass is 16.5. The Bertz CT molecular complexity index is 1030. The van der Waals surface area contributed by atoms with Gasteiger partial charge in [-0.25, -0.2) is 0 Å². The molecule has 0 fully saturated rings. The van der Waals surface area contributed by atoms with Gasteiger partial charge in [-0.3, -0.25) is 9.89 Å². The number of carbonyl (C=O) groups is 1. The minimum absolute atomic E-state index is 0.111. The molecule has 0 saturated heterocycles. The molecule has 3 aromatic rings. The van der Waals surface area contributed by atoms with Crippen LogP contribution in [0.25, 0.3) is 11.3 Å². The predicted molar refractivity (Wildman–Crippen MR) is 99.2 cm³/mol. The third kappa shape index (κ3) is 2.51. The molecule has 1 aromatic heterocycles. The van der Waals surface area contributed by atoms with Crippen LogP contribution < -0.4 is 9.47 Å². The van der Waals surface area contributed by atoms with Gasteiger partial charge in [0.15, 0.2) is 11.5 Å². The Morgan fingerprint density at radius 1 is 1.11 bits per heavy atom. The highest BCUT2D eigenvalue weighted by Crippen LogP contribution is 2.44. The first kappa shape index (κ1) is 17.0. The number of H-pyrrole nitrogens is 1. The van der Waals surface area contributed by atoms with Gasteiger partial charge in [0.1, 0.15) is 17.1 Å². The van der Waals surface area contributed by atoms with E-state index in [0.29, 0.717) is 28.5 Å². The first-order valence-corrected chi connectivity index (χ1v) is 8.42. The monoisotopic (exact) mass is 365 g/mol. The quantitative estimate of drug-likeness (QED) is 0.742. The number of hydrogen-bond acceptors (Lipinski definition) is 5. The van der Waals surface area contributed by atoms with E-state index in [1.807, 2.05) is 24.3 Å². The molecule has 0 radical (unpaired) electrons. The van der Waals surface area contributed by atoms with E-state index in [-0.39, 0.29) is 17.7 Å². The van der Waals surface area contributed by atoms with Crippen molar-refractivity contribution in [2.24, 2.45) is 0 Å². The number of benzene rings is 2. The van der Waals surface area contributed by atoms with Crippen molar-refractivity contribution >= 4 is 5.91 Å². The Kier molecular flexibility index (Phi) is 3.99. The normalized spacial score (nSPS) is 15.7. The maximum atomic E-state index is 12.7. The molecule has 0 bridgehead atoms. The van der Waals surface area contributed by atoms with Crippen molar-refractivity contribution in [3.05, 3.63) is 59.3 Å². The summed E-state index contributed by atoms with van der Waals surface area (Å²) in [5.74, 6) is 1.15. The Labute approximate surface area is 156 Å². The molecule has 1 aliphatic heterocycles. The minimum atomic E-state index is -0.360. The Morgan fingerprint density at radius 2 is 1.85 bits per heavy atom. The van der Waals surface area contributed by atoms with Crippen LogP contribution in [0.3, 0.4) is 0 Å². The van der Waals surface area contributed by atoms with Crippen LogP contribution in [0.2, 0.25) is 0 Å². The van der Waals surface area contributed by atoms with Crippen molar-refractivity contribution in [2.45, 2.75) is 6.04 Å². The van der Waals surface area contributed by atoms with Gasteiger partial charge in [0, 0.05) is 18.2 Å². The summed E-state index contributed by atoms with van der Waals surface area (Å²) in [6.07, 6.45) is 0. The average molecular weight is 365 g/mol. The lowest BCUT2D eigenvalue weighted by atomic mass is 9.95. The summed E-state index contributed by atoms with van der Waals surface area (Å²) in [6, 6.07) is 12.1. The molecule has 1 amide bonds. The van der Waals surface area contributed by atoms with Gasteiger partial charge in [0.2, 0.25) is 0 Å². The van der Waals surface area contributed by atoms with Gasteiger partial charge < -0.3 is 19.5 Å². The first-order chi connectivity index (χ1) is 13.1. The summed E-state index contributed by atoms with van der Waals surface area (Å²) in [4.78, 5) is 14.4. The summed E-state index contributed by atoms with van der Waals surface area (Å²) in [5, 5.41) is 17.4. The topological polar surface area (TPSA) is 87.7 Å². The number of ether oxygens (including phenoxy) is 2. The van der Waals surface area contributed by atoms with Gasteiger partial charge in [-0.2, -0.15) is 5.10 Å². The zero-order valence-corrected chi connectivity index (χ0v) is 15.2. The number of hydrogen-bond donors (Lipinski definition) is 2. The van der Waals surface area contributed by atoms with Crippen LogP contribution in [0.4, 0.5) is 0 Å². The van der Waals surface area contributed by atoms with Crippen molar-refractivity contribution in [2.75, 3.05) is 21.3 Å². The largest absolute Gasteiger partial charge is 0.507 e. The van der Waals surface area contributed by atoms with Crippen LogP contribution in [-0.4, -0.2) is 47.4 Å². The van der Waals surface area contributed by atoms with Gasteiger partial charge in [-0.05, 0) is 29.8 Å². The number of aromatic hydroxyl groups is 1. The molecule has 7 heteroatoms. The number of rotatable bonds is 4. The lowest BCUT2D eigenvalue weighted by Gasteiger charge is -2.23. The number of aromatic amines is 1. The number of para-hydroxylation sites is 1. The molecular formula is C20H19N3O4. The summed E-state index contributed by atoms with van der Waals surface area (Å²) in [5.41, 5.74) is 3.15. The molecular weight excluding hydrogens is 346 g/mol. The second-order valence-corrected chi connectivity index (χ2v) is 6.31. The van der Waals surface area contributed by atoms with Crippen LogP contribution in [0.5, 0.6) is 17.2 Å². The average Bonchev–Trinajstić information content (AvgIpc) is 3.21. The fraction of sp³-hybridized carbons (Fsp3) is 0.200. The lowest BCUT2D eigenvalue weighted by molar-refractivity contribution is 0.0787. The van der Waals surface area contributed by atoms with Crippen molar-refractivity contribution in [1.82, 2.24) is 15.1 Å². The number of methoxy groups -OCH3 is 2. The molecule has 0 spiro atoms. The number of phenolic OH excluding ortho intramolecular Hbond substituents is 1. The number of phenols is 1. The summed E-state index contributed by atoms with van der Waals surface area (Å²) >= 11 is 0. The number of carbonyl (C=O) groups excluding carboxylic acids is 1. The molecule has 4 rings (SSSR count). The summed E-state index contributed by atoms with van der Waals surface area (Å²) in [7, 11) is 4.89. The molecule has 27 heavy (non-hydrogen) atoms. The second-order valence-electron chi connectivity index (χ2n) is 6.31. The number of aromatic nitrogens is 2. The minimum Gasteiger partial charge on any atom is -0.507 e. The van der Waals surface area contributed by atoms with E-state index in [4.69, 9.17) is 9.47 Å². The van der Waals surface area contributed by atoms with Crippen LogP contribution in [0, 0.1) is 0 Å². The van der Waals surface area contributed by atoms with E-state index < -0.39 is 0 Å². The van der Waals surface area contributed by atoms with E-state index in [1.54, 1.807) is 44.4 Å². The van der Waals surface area contributed by atoms with E-state index in [1.165, 1.54) is 0 Å². The zero-order valence-electron chi connectivity index (χ0n) is 15.2. The van der Waals surface area contributed by atoms with Crippen molar-refractivity contribution < 1.29 is 19.4 Å². The van der Waals surface area contributed by atoms with Gasteiger partial charge in [0.25, 0.3) is 5.91 Å². The predicted octanol–water partition coefficient (Wildman–Crippen LogP) is 2.97. The van der Waals surface area contributed by atoms with E-state index >= 15 is 0 Å². The number of amides is 1. The number of fused-ring (bicyclic) bond motifs is 1. The third-order valence-corrected chi connectivity index (χ3v) is 4.88. The highest BCUT2D eigenvalue weighted by Gasteiger charge is 2.40. The molecule has 2 aromatic carbocycles. The molecule has 1 unspecified atom stereocenters. The first-order valence-electron chi connectivity index (χ1n) is 8.42. The van der Waals surface area contributed by atoms with Crippen LogP contribution in [-0.2, 0) is 0 Å². The number of nitrogens with zero attached hydrogens (tertiary/aromatic N) is 2. The van der Waals surface area contributed by atoms with E-state index in [2.05, 4.69) is 10.2 Å². The number of nitrogens with one attached hydrogen (secondary N) is 1. The van der Waals surface area contributed by atoms with Crippen molar-refractivity contribution in [1.29, 1.82) is 0 Å². The van der Waals surface area contributed by atoms with Gasteiger partial charge in [0.05, 0.1) is 20.3 Å². The highest BCUT2D eigenvalue weighted by molar-refractivity contribution is 6.00. The molecule has 0 saturated carbocycles. The van der Waals surface area contributed by atoms with Crippen LogP contribution >= 0.6 is 0 Å². The van der Waals surface area contributed by atoms with Crippen molar-refractivity contribution in [3.8, 4) is 28.5 Å². The summed E-state index contributed by atoms with van der Waals surface area (Å²) in [6.45, 7) is 0. The second kappa shape index (κ2) is 6.35. The summed E-state index contributed by atoms with van der Waals surface area (Å²) < 4.78 is 10.7. The maximum absolute atomic E-state index is 12.7. The SMILES string of the molecule is COc1ccc(C2c3c(-c4ccccc4O)n[nH]c3C(=O)N2C)cc1OC. The van der Waals surface area contributed by atoms with Gasteiger partial charge >= 0.3 is 0 Å². The molecule has 1 aliphatic rings.